The first-order valence-corrected chi connectivity index (χ1v) is 7.82. The van der Waals surface area contributed by atoms with Crippen molar-refractivity contribution >= 4 is 11.7 Å². The van der Waals surface area contributed by atoms with E-state index in [1.54, 1.807) is 15.9 Å². The average Bonchev–Trinajstić information content (AvgIpc) is 3.15. The molecule has 0 aliphatic carbocycles. The maximum atomic E-state index is 12.6. The topological polar surface area (TPSA) is 63.1 Å². The molecule has 122 valence electrons. The van der Waals surface area contributed by atoms with E-state index < -0.39 is 0 Å². The summed E-state index contributed by atoms with van der Waals surface area (Å²) in [6.07, 6.45) is 3.07. The van der Waals surface area contributed by atoms with E-state index in [4.69, 9.17) is 0 Å². The molecule has 0 aliphatic rings. The molecule has 1 heterocycles. The summed E-state index contributed by atoms with van der Waals surface area (Å²) in [6, 6.07) is 17.3. The van der Waals surface area contributed by atoms with Gasteiger partial charge in [-0.15, -0.1) is 0 Å². The van der Waals surface area contributed by atoms with E-state index in [0.717, 1.165) is 11.3 Å². The number of benzene rings is 2. The van der Waals surface area contributed by atoms with E-state index in [9.17, 15) is 4.79 Å². The number of urea groups is 1. The van der Waals surface area contributed by atoms with E-state index in [2.05, 4.69) is 15.4 Å². The van der Waals surface area contributed by atoms with Crippen molar-refractivity contribution in [2.24, 2.45) is 0 Å². The second-order valence-electron chi connectivity index (χ2n) is 5.29. The first kappa shape index (κ1) is 15.7. The summed E-state index contributed by atoms with van der Waals surface area (Å²) >= 11 is 0. The summed E-state index contributed by atoms with van der Waals surface area (Å²) in [5.74, 6) is 0. The summed E-state index contributed by atoms with van der Waals surface area (Å²) in [5.41, 5.74) is 2.57. The molecule has 0 saturated carbocycles. The predicted octanol–water partition coefficient (Wildman–Crippen LogP) is 3.32. The molecule has 6 heteroatoms. The number of anilines is 1. The highest BCUT2D eigenvalue weighted by Gasteiger charge is 2.14. The van der Waals surface area contributed by atoms with Crippen molar-refractivity contribution in [3.63, 3.8) is 0 Å². The van der Waals surface area contributed by atoms with Gasteiger partial charge in [0.05, 0.1) is 11.4 Å². The van der Waals surface area contributed by atoms with Gasteiger partial charge in [0.1, 0.15) is 12.7 Å². The van der Waals surface area contributed by atoms with Gasteiger partial charge in [0.25, 0.3) is 0 Å². The van der Waals surface area contributed by atoms with Gasteiger partial charge in [0.2, 0.25) is 0 Å². The second kappa shape index (κ2) is 7.41. The maximum absolute atomic E-state index is 12.6. The molecule has 0 saturated heterocycles. The van der Waals surface area contributed by atoms with Crippen LogP contribution in [0.4, 0.5) is 10.5 Å². The van der Waals surface area contributed by atoms with Crippen LogP contribution >= 0.6 is 0 Å². The van der Waals surface area contributed by atoms with Gasteiger partial charge in [0, 0.05) is 13.1 Å². The highest BCUT2D eigenvalue weighted by atomic mass is 16.2. The van der Waals surface area contributed by atoms with Crippen LogP contribution in [-0.2, 0) is 6.54 Å². The fourth-order valence-corrected chi connectivity index (χ4v) is 2.44. The molecule has 0 atom stereocenters. The third kappa shape index (κ3) is 3.60. The van der Waals surface area contributed by atoms with Gasteiger partial charge in [-0.1, -0.05) is 42.5 Å². The molecule has 6 nitrogen and oxygen atoms in total. The van der Waals surface area contributed by atoms with Gasteiger partial charge in [0.15, 0.2) is 0 Å². The Morgan fingerprint density at radius 1 is 1.12 bits per heavy atom. The van der Waals surface area contributed by atoms with Gasteiger partial charge in [-0.05, 0) is 24.6 Å². The number of amides is 2. The minimum atomic E-state index is -0.145. The maximum Gasteiger partial charge on any atom is 0.322 e. The normalized spacial score (nSPS) is 10.4. The summed E-state index contributed by atoms with van der Waals surface area (Å²) in [6.45, 7) is 3.15. The molecule has 3 aromatic rings. The predicted molar refractivity (Wildman–Crippen MR) is 92.9 cm³/mol. The SMILES string of the molecule is CCN(Cc1ccccc1)C(=O)Nc1ccccc1-n1cncn1. The third-order valence-corrected chi connectivity index (χ3v) is 3.70. The van der Waals surface area contributed by atoms with Crippen molar-refractivity contribution in [2.75, 3.05) is 11.9 Å². The smallest absolute Gasteiger partial charge is 0.320 e. The fourth-order valence-electron chi connectivity index (χ4n) is 2.44. The third-order valence-electron chi connectivity index (χ3n) is 3.70. The molecule has 1 aromatic heterocycles. The standard InChI is InChI=1S/C18H19N5O/c1-2-22(12-15-8-4-3-5-9-15)18(24)21-16-10-6-7-11-17(16)23-14-19-13-20-23/h3-11,13-14H,2,12H2,1H3,(H,21,24). The van der Waals surface area contributed by atoms with Crippen LogP contribution in [0.25, 0.3) is 5.69 Å². The summed E-state index contributed by atoms with van der Waals surface area (Å²) in [5, 5.41) is 7.10. The van der Waals surface area contributed by atoms with E-state index in [-0.39, 0.29) is 6.03 Å². The number of hydrogen-bond acceptors (Lipinski definition) is 3. The first-order chi connectivity index (χ1) is 11.8. The Labute approximate surface area is 140 Å². The van der Waals surface area contributed by atoms with Gasteiger partial charge in [-0.25, -0.2) is 14.5 Å². The molecule has 0 fully saturated rings. The summed E-state index contributed by atoms with van der Waals surface area (Å²) in [7, 11) is 0. The molecule has 1 N–H and O–H groups in total. The monoisotopic (exact) mass is 321 g/mol. The fraction of sp³-hybridized carbons (Fsp3) is 0.167. The van der Waals surface area contributed by atoms with Gasteiger partial charge in [-0.3, -0.25) is 0 Å². The van der Waals surface area contributed by atoms with Crippen LogP contribution in [0.5, 0.6) is 0 Å². The molecule has 0 radical (unpaired) electrons. The van der Waals surface area contributed by atoms with E-state index in [0.29, 0.717) is 18.8 Å². The van der Waals surface area contributed by atoms with Crippen LogP contribution in [-0.4, -0.2) is 32.2 Å². The Bertz CT molecular complexity index is 786. The van der Waals surface area contributed by atoms with Crippen molar-refractivity contribution in [3.8, 4) is 5.69 Å². The minimum absolute atomic E-state index is 0.145. The van der Waals surface area contributed by atoms with Crippen molar-refractivity contribution in [1.29, 1.82) is 0 Å². The van der Waals surface area contributed by atoms with Crippen LogP contribution in [0, 0.1) is 0 Å². The average molecular weight is 321 g/mol. The highest BCUT2D eigenvalue weighted by molar-refractivity contribution is 5.91. The van der Waals surface area contributed by atoms with Crippen LogP contribution in [0.2, 0.25) is 0 Å². The van der Waals surface area contributed by atoms with Gasteiger partial charge in [-0.2, -0.15) is 5.10 Å². The number of hydrogen-bond donors (Lipinski definition) is 1. The zero-order valence-corrected chi connectivity index (χ0v) is 13.5. The Morgan fingerprint density at radius 2 is 1.88 bits per heavy atom. The van der Waals surface area contributed by atoms with Crippen LogP contribution in [0.3, 0.4) is 0 Å². The zero-order valence-electron chi connectivity index (χ0n) is 13.5. The van der Waals surface area contributed by atoms with Crippen molar-refractivity contribution in [1.82, 2.24) is 19.7 Å². The zero-order chi connectivity index (χ0) is 16.8. The molecule has 0 aliphatic heterocycles. The lowest BCUT2D eigenvalue weighted by atomic mass is 10.2. The molecule has 0 bridgehead atoms. The Hall–Kier alpha value is -3.15. The second-order valence-corrected chi connectivity index (χ2v) is 5.29. The molecule has 2 aromatic carbocycles. The molecule has 0 spiro atoms. The quantitative estimate of drug-likeness (QED) is 0.784. The number of nitrogens with zero attached hydrogens (tertiary/aromatic N) is 4. The molecule has 2 amide bonds. The molecular formula is C18H19N5O. The van der Waals surface area contributed by atoms with Crippen molar-refractivity contribution in [2.45, 2.75) is 13.5 Å². The number of rotatable bonds is 5. The Morgan fingerprint density at radius 3 is 2.58 bits per heavy atom. The van der Waals surface area contributed by atoms with Crippen LogP contribution in [0.1, 0.15) is 12.5 Å². The number of carbonyl (C=O) groups excluding carboxylic acids is 1. The minimum Gasteiger partial charge on any atom is -0.320 e. The van der Waals surface area contributed by atoms with E-state index in [1.165, 1.54) is 6.33 Å². The number of para-hydroxylation sites is 2. The first-order valence-electron chi connectivity index (χ1n) is 7.82. The number of nitrogens with one attached hydrogen (secondary N) is 1. The molecule has 3 rings (SSSR count). The lowest BCUT2D eigenvalue weighted by molar-refractivity contribution is 0.212. The lowest BCUT2D eigenvalue weighted by Gasteiger charge is -2.22. The van der Waals surface area contributed by atoms with E-state index in [1.807, 2.05) is 61.5 Å². The van der Waals surface area contributed by atoms with Crippen molar-refractivity contribution < 1.29 is 4.79 Å². The lowest BCUT2D eigenvalue weighted by Crippen LogP contribution is -2.34. The summed E-state index contributed by atoms with van der Waals surface area (Å²) < 4.78 is 1.63. The number of carbonyl (C=O) groups is 1. The number of aromatic nitrogens is 3. The van der Waals surface area contributed by atoms with Gasteiger partial charge >= 0.3 is 6.03 Å². The highest BCUT2D eigenvalue weighted by Crippen LogP contribution is 2.19. The molecule has 24 heavy (non-hydrogen) atoms. The molecule has 0 unspecified atom stereocenters. The summed E-state index contributed by atoms with van der Waals surface area (Å²) in [4.78, 5) is 18.4. The Balaban J connectivity index is 1.77. The largest absolute Gasteiger partial charge is 0.322 e. The molecular weight excluding hydrogens is 302 g/mol. The van der Waals surface area contributed by atoms with E-state index >= 15 is 0 Å². The van der Waals surface area contributed by atoms with Gasteiger partial charge < -0.3 is 10.2 Å². The van der Waals surface area contributed by atoms with Crippen molar-refractivity contribution in [3.05, 3.63) is 72.8 Å². The van der Waals surface area contributed by atoms with Crippen LogP contribution in [0.15, 0.2) is 67.3 Å². The van der Waals surface area contributed by atoms with Crippen LogP contribution < -0.4 is 5.32 Å². The Kier molecular flexibility index (Phi) is 4.86.